The number of sulfonamides is 1. The number of amides is 1. The van der Waals surface area contributed by atoms with E-state index in [1.165, 1.54) is 13.2 Å². The van der Waals surface area contributed by atoms with E-state index in [-0.39, 0.29) is 23.7 Å². The number of hydrogen-bond donors (Lipinski definition) is 3. The van der Waals surface area contributed by atoms with E-state index in [0.717, 1.165) is 11.3 Å². The average Bonchev–Trinajstić information content (AvgIpc) is 2.93. The molecule has 1 atom stereocenters. The van der Waals surface area contributed by atoms with Crippen LogP contribution < -0.4 is 10.0 Å². The van der Waals surface area contributed by atoms with E-state index in [9.17, 15) is 18.0 Å². The second-order valence-electron chi connectivity index (χ2n) is 3.95. The summed E-state index contributed by atoms with van der Waals surface area (Å²) in [5.41, 5.74) is 0. The minimum atomic E-state index is -3.59. The van der Waals surface area contributed by atoms with Gasteiger partial charge in [-0.1, -0.05) is 6.07 Å². The number of hydrogen-bond acceptors (Lipinski definition) is 6. The fourth-order valence-electron chi connectivity index (χ4n) is 1.35. The molecule has 0 aliphatic heterocycles. The Labute approximate surface area is 126 Å². The standard InChI is InChI=1S/C11H16N2O6S2/c1-19-8(11(15)16)7-12-9(14)4-5-13-21(17,18)10-3-2-6-20-10/h2-3,6,8,13H,4-5,7H2,1H3,(H,12,14)(H,15,16). The van der Waals surface area contributed by atoms with Gasteiger partial charge in [0.05, 0.1) is 6.54 Å². The number of carboxylic acid groups (broad SMARTS) is 1. The summed E-state index contributed by atoms with van der Waals surface area (Å²) in [6.45, 7) is -0.251. The van der Waals surface area contributed by atoms with Crippen molar-refractivity contribution in [2.24, 2.45) is 0 Å². The van der Waals surface area contributed by atoms with Crippen molar-refractivity contribution < 1.29 is 27.9 Å². The van der Waals surface area contributed by atoms with Gasteiger partial charge in [0.25, 0.3) is 0 Å². The molecule has 0 aliphatic rings. The number of thiophene rings is 1. The number of ether oxygens (including phenoxy) is 1. The summed E-state index contributed by atoms with van der Waals surface area (Å²) in [5.74, 6) is -1.65. The van der Waals surface area contributed by atoms with Gasteiger partial charge in [0.15, 0.2) is 6.10 Å². The molecular weight excluding hydrogens is 320 g/mol. The van der Waals surface area contributed by atoms with Gasteiger partial charge >= 0.3 is 5.97 Å². The smallest absolute Gasteiger partial charge is 0.334 e. The second kappa shape index (κ2) is 8.08. The Bertz CT molecular complexity index is 570. The van der Waals surface area contributed by atoms with Crippen LogP contribution >= 0.6 is 11.3 Å². The summed E-state index contributed by atoms with van der Waals surface area (Å²) in [6, 6.07) is 3.08. The first-order chi connectivity index (χ1) is 9.86. The zero-order valence-corrected chi connectivity index (χ0v) is 12.9. The van der Waals surface area contributed by atoms with Crippen molar-refractivity contribution in [2.45, 2.75) is 16.7 Å². The number of rotatable bonds is 9. The number of methoxy groups -OCH3 is 1. The lowest BCUT2D eigenvalue weighted by Crippen LogP contribution is -2.39. The number of aliphatic carboxylic acids is 1. The summed E-state index contributed by atoms with van der Waals surface area (Å²) < 4.78 is 30.6. The number of nitrogens with one attached hydrogen (secondary N) is 2. The Morgan fingerprint density at radius 2 is 2.19 bits per heavy atom. The average molecular weight is 336 g/mol. The molecule has 0 saturated heterocycles. The highest BCUT2D eigenvalue weighted by atomic mass is 32.2. The Kier molecular flexibility index (Phi) is 6.75. The van der Waals surface area contributed by atoms with Gasteiger partial charge in [-0.05, 0) is 11.4 Å². The molecule has 10 heteroatoms. The second-order valence-corrected chi connectivity index (χ2v) is 6.89. The quantitative estimate of drug-likeness (QED) is 0.566. The van der Waals surface area contributed by atoms with Crippen LogP contribution in [-0.4, -0.2) is 51.7 Å². The molecule has 8 nitrogen and oxygen atoms in total. The van der Waals surface area contributed by atoms with Crippen LogP contribution in [0.2, 0.25) is 0 Å². The van der Waals surface area contributed by atoms with Crippen LogP contribution in [0.4, 0.5) is 0 Å². The molecule has 1 aromatic heterocycles. The normalized spacial score (nSPS) is 12.8. The lowest BCUT2D eigenvalue weighted by atomic mass is 10.3. The first kappa shape index (κ1) is 17.6. The van der Waals surface area contributed by atoms with Crippen LogP contribution in [0.5, 0.6) is 0 Å². The molecule has 0 fully saturated rings. The van der Waals surface area contributed by atoms with Crippen molar-refractivity contribution in [2.75, 3.05) is 20.2 Å². The third-order valence-corrected chi connectivity index (χ3v) is 5.31. The SMILES string of the molecule is COC(CNC(=O)CCNS(=O)(=O)c1cccs1)C(=O)O. The maximum absolute atomic E-state index is 11.7. The lowest BCUT2D eigenvalue weighted by molar-refractivity contribution is -0.148. The summed E-state index contributed by atoms with van der Waals surface area (Å²) in [5, 5.41) is 12.7. The number of carboxylic acids is 1. The molecule has 0 radical (unpaired) electrons. The zero-order valence-electron chi connectivity index (χ0n) is 11.2. The third kappa shape index (κ3) is 5.79. The minimum Gasteiger partial charge on any atom is -0.479 e. The maximum atomic E-state index is 11.7. The Hall–Kier alpha value is -1.49. The van der Waals surface area contributed by atoms with E-state index in [4.69, 9.17) is 5.11 Å². The van der Waals surface area contributed by atoms with E-state index in [1.54, 1.807) is 11.4 Å². The summed E-state index contributed by atoms with van der Waals surface area (Å²) in [6.07, 6.45) is -1.22. The monoisotopic (exact) mass is 336 g/mol. The fourth-order valence-corrected chi connectivity index (χ4v) is 3.42. The van der Waals surface area contributed by atoms with Gasteiger partial charge in [-0.3, -0.25) is 4.79 Å². The van der Waals surface area contributed by atoms with Gasteiger partial charge in [0.2, 0.25) is 15.9 Å². The summed E-state index contributed by atoms with van der Waals surface area (Å²) >= 11 is 1.08. The maximum Gasteiger partial charge on any atom is 0.334 e. The minimum absolute atomic E-state index is 0.0726. The highest BCUT2D eigenvalue weighted by Crippen LogP contribution is 2.14. The fraction of sp³-hybridized carbons (Fsp3) is 0.455. The molecule has 0 aromatic carbocycles. The van der Waals surface area contributed by atoms with Crippen LogP contribution in [0.15, 0.2) is 21.7 Å². The van der Waals surface area contributed by atoms with Crippen LogP contribution in [0, 0.1) is 0 Å². The van der Waals surface area contributed by atoms with Crippen molar-refractivity contribution >= 4 is 33.2 Å². The van der Waals surface area contributed by atoms with E-state index in [1.807, 2.05) is 0 Å². The third-order valence-electron chi connectivity index (χ3n) is 2.45. The van der Waals surface area contributed by atoms with Crippen LogP contribution in [-0.2, 0) is 24.3 Å². The molecule has 21 heavy (non-hydrogen) atoms. The molecule has 0 spiro atoms. The Morgan fingerprint density at radius 1 is 1.48 bits per heavy atom. The van der Waals surface area contributed by atoms with E-state index < -0.39 is 28.0 Å². The first-order valence-electron chi connectivity index (χ1n) is 5.92. The topological polar surface area (TPSA) is 122 Å². The van der Waals surface area contributed by atoms with Crippen LogP contribution in [0.25, 0.3) is 0 Å². The van der Waals surface area contributed by atoms with Crippen molar-refractivity contribution in [1.29, 1.82) is 0 Å². The molecule has 1 rings (SSSR count). The molecule has 1 unspecified atom stereocenters. The molecule has 118 valence electrons. The van der Waals surface area contributed by atoms with Gasteiger partial charge in [-0.25, -0.2) is 17.9 Å². The predicted octanol–water partition coefficient (Wildman–Crippen LogP) is -0.368. The Morgan fingerprint density at radius 3 is 2.71 bits per heavy atom. The molecular formula is C11H16N2O6S2. The van der Waals surface area contributed by atoms with Crippen molar-refractivity contribution in [3.05, 3.63) is 17.5 Å². The largest absolute Gasteiger partial charge is 0.479 e. The molecule has 0 aliphatic carbocycles. The summed E-state index contributed by atoms with van der Waals surface area (Å²) in [7, 11) is -2.37. The van der Waals surface area contributed by atoms with Gasteiger partial charge in [0, 0.05) is 20.1 Å². The van der Waals surface area contributed by atoms with Crippen LogP contribution in [0.1, 0.15) is 6.42 Å². The van der Waals surface area contributed by atoms with Crippen molar-refractivity contribution in [3.8, 4) is 0 Å². The highest BCUT2D eigenvalue weighted by Gasteiger charge is 2.18. The highest BCUT2D eigenvalue weighted by molar-refractivity contribution is 7.91. The molecule has 0 bridgehead atoms. The van der Waals surface area contributed by atoms with Gasteiger partial charge in [-0.15, -0.1) is 11.3 Å². The number of carbonyl (C=O) groups is 2. The molecule has 3 N–H and O–H groups in total. The number of carbonyl (C=O) groups excluding carboxylic acids is 1. The summed E-state index contributed by atoms with van der Waals surface area (Å²) in [4.78, 5) is 22.1. The molecule has 1 amide bonds. The lowest BCUT2D eigenvalue weighted by Gasteiger charge is -2.11. The molecule has 1 heterocycles. The van der Waals surface area contributed by atoms with E-state index in [0.29, 0.717) is 0 Å². The Balaban J connectivity index is 2.33. The molecule has 0 saturated carbocycles. The predicted molar refractivity (Wildman–Crippen MR) is 75.6 cm³/mol. The van der Waals surface area contributed by atoms with Crippen molar-refractivity contribution in [3.63, 3.8) is 0 Å². The molecule has 1 aromatic rings. The van der Waals surface area contributed by atoms with Crippen LogP contribution in [0.3, 0.4) is 0 Å². The van der Waals surface area contributed by atoms with Crippen molar-refractivity contribution in [1.82, 2.24) is 10.0 Å². The van der Waals surface area contributed by atoms with E-state index in [2.05, 4.69) is 14.8 Å². The zero-order chi connectivity index (χ0) is 15.9. The first-order valence-corrected chi connectivity index (χ1v) is 8.28. The van der Waals surface area contributed by atoms with Gasteiger partial charge in [0.1, 0.15) is 4.21 Å². The van der Waals surface area contributed by atoms with E-state index >= 15 is 0 Å². The van der Waals surface area contributed by atoms with Gasteiger partial charge < -0.3 is 15.2 Å². The van der Waals surface area contributed by atoms with Gasteiger partial charge in [-0.2, -0.15) is 0 Å².